The number of amides is 1. The second-order valence-corrected chi connectivity index (χ2v) is 9.62. The zero-order valence-electron chi connectivity index (χ0n) is 19.4. The maximum absolute atomic E-state index is 12.1. The topological polar surface area (TPSA) is 98.3 Å². The maximum atomic E-state index is 12.1. The van der Waals surface area contributed by atoms with Crippen LogP contribution < -0.4 is 9.80 Å². The molecule has 0 bridgehead atoms. The van der Waals surface area contributed by atoms with Gasteiger partial charge in [-0.1, -0.05) is 13.3 Å². The number of imidazole rings is 1. The van der Waals surface area contributed by atoms with Crippen LogP contribution in [-0.4, -0.2) is 46.4 Å². The van der Waals surface area contributed by atoms with E-state index in [-0.39, 0.29) is 11.3 Å². The highest BCUT2D eigenvalue weighted by Gasteiger charge is 2.34. The fourth-order valence-electron chi connectivity index (χ4n) is 5.04. The lowest BCUT2D eigenvalue weighted by molar-refractivity contribution is 0.136. The molecule has 1 saturated carbocycles. The van der Waals surface area contributed by atoms with Crippen LogP contribution in [0.15, 0.2) is 42.9 Å². The smallest absolute Gasteiger partial charge is 0.411 e. The summed E-state index contributed by atoms with van der Waals surface area (Å²) in [6.45, 7) is 3.52. The zero-order chi connectivity index (χ0) is 23.6. The molecule has 1 aromatic carbocycles. The number of hydrogen-bond acceptors (Lipinski definition) is 5. The number of pyridine rings is 1. The molecule has 172 valence electrons. The fourth-order valence-corrected chi connectivity index (χ4v) is 5.04. The molecule has 8 heteroatoms. The van der Waals surface area contributed by atoms with Gasteiger partial charge in [-0.25, -0.2) is 14.8 Å². The molecule has 0 aliphatic heterocycles. The Hall–Kier alpha value is -3.60. The van der Waals surface area contributed by atoms with Crippen LogP contribution in [0, 0.1) is 22.7 Å². The van der Waals surface area contributed by atoms with Crippen molar-refractivity contribution in [3.05, 3.63) is 48.4 Å². The minimum atomic E-state index is -0.952. The molecule has 2 aromatic heterocycles. The van der Waals surface area contributed by atoms with Gasteiger partial charge in [-0.2, -0.15) is 5.26 Å². The molecule has 1 amide bonds. The number of benzene rings is 1. The number of carboxylic acid groups (broad SMARTS) is 1. The second kappa shape index (κ2) is 9.10. The summed E-state index contributed by atoms with van der Waals surface area (Å²) in [5.74, 6) is 1.05. The molecule has 2 atom stereocenters. The van der Waals surface area contributed by atoms with Crippen LogP contribution in [-0.2, 0) is 6.54 Å². The van der Waals surface area contributed by atoms with Crippen molar-refractivity contribution < 1.29 is 9.90 Å². The van der Waals surface area contributed by atoms with Crippen molar-refractivity contribution in [3.8, 4) is 6.07 Å². The normalized spacial score (nSPS) is 20.4. The molecule has 0 saturated heterocycles. The Morgan fingerprint density at radius 1 is 1.30 bits per heavy atom. The standard InChI is InChI=1S/C25H30N6O2/c1-25(16-30-17-28-21-8-6-18(13-26)11-22(21)30)10-4-5-19(12-25)15-31(24(32)33)20-7-9-23(27-14-20)29(2)3/h6-9,11,14,17,19H,4-5,10,12,15-16H2,1-3H3,(H,32,33). The minimum Gasteiger partial charge on any atom is -0.465 e. The highest BCUT2D eigenvalue weighted by molar-refractivity contribution is 5.86. The Labute approximate surface area is 194 Å². The molecule has 33 heavy (non-hydrogen) atoms. The van der Waals surface area contributed by atoms with Crippen molar-refractivity contribution in [3.63, 3.8) is 0 Å². The number of nitrogens with zero attached hydrogens (tertiary/aromatic N) is 6. The number of aromatic nitrogens is 3. The van der Waals surface area contributed by atoms with E-state index in [0.29, 0.717) is 17.8 Å². The van der Waals surface area contributed by atoms with Crippen LogP contribution in [0.1, 0.15) is 38.2 Å². The SMILES string of the molecule is CN(C)c1ccc(N(CC2CCCC(C)(Cn3cnc4ccc(C#N)cc43)C2)C(=O)O)cn1. The quantitative estimate of drug-likeness (QED) is 0.587. The Morgan fingerprint density at radius 2 is 2.12 bits per heavy atom. The summed E-state index contributed by atoms with van der Waals surface area (Å²) in [6.07, 6.45) is 6.60. The molecule has 0 radical (unpaired) electrons. The van der Waals surface area contributed by atoms with E-state index in [9.17, 15) is 15.2 Å². The number of hydrogen-bond donors (Lipinski definition) is 1. The Balaban J connectivity index is 1.50. The predicted molar refractivity (Wildman–Crippen MR) is 128 cm³/mol. The first kappa shape index (κ1) is 22.6. The molecule has 2 unspecified atom stereocenters. The van der Waals surface area contributed by atoms with E-state index >= 15 is 0 Å². The summed E-state index contributed by atoms with van der Waals surface area (Å²) in [5, 5.41) is 19.1. The number of nitriles is 1. The average Bonchev–Trinajstić information content (AvgIpc) is 3.18. The van der Waals surface area contributed by atoms with E-state index in [1.54, 1.807) is 12.3 Å². The largest absolute Gasteiger partial charge is 0.465 e. The molecule has 2 heterocycles. The molecular formula is C25H30N6O2. The van der Waals surface area contributed by atoms with Gasteiger partial charge in [0.1, 0.15) is 5.82 Å². The molecule has 4 rings (SSSR count). The van der Waals surface area contributed by atoms with E-state index in [0.717, 1.165) is 49.1 Å². The van der Waals surface area contributed by atoms with Crippen LogP contribution in [0.2, 0.25) is 0 Å². The van der Waals surface area contributed by atoms with E-state index in [4.69, 9.17) is 0 Å². The molecule has 3 aromatic rings. The zero-order valence-corrected chi connectivity index (χ0v) is 19.4. The van der Waals surface area contributed by atoms with Gasteiger partial charge >= 0.3 is 6.09 Å². The lowest BCUT2D eigenvalue weighted by Crippen LogP contribution is -2.39. The first-order valence-electron chi connectivity index (χ1n) is 11.3. The van der Waals surface area contributed by atoms with Crippen LogP contribution in [0.5, 0.6) is 0 Å². The van der Waals surface area contributed by atoms with Crippen molar-refractivity contribution in [1.29, 1.82) is 5.26 Å². The van der Waals surface area contributed by atoms with Gasteiger partial charge in [-0.3, -0.25) is 4.90 Å². The van der Waals surface area contributed by atoms with E-state index in [2.05, 4.69) is 27.5 Å². The summed E-state index contributed by atoms with van der Waals surface area (Å²) in [4.78, 5) is 24.3. The highest BCUT2D eigenvalue weighted by Crippen LogP contribution is 2.41. The summed E-state index contributed by atoms with van der Waals surface area (Å²) >= 11 is 0. The monoisotopic (exact) mass is 446 g/mol. The van der Waals surface area contributed by atoms with Gasteiger partial charge in [0.15, 0.2) is 0 Å². The van der Waals surface area contributed by atoms with E-state index in [1.807, 2.05) is 49.6 Å². The lowest BCUT2D eigenvalue weighted by Gasteiger charge is -2.40. The first-order chi connectivity index (χ1) is 15.8. The molecular weight excluding hydrogens is 416 g/mol. The Kier molecular flexibility index (Phi) is 6.23. The summed E-state index contributed by atoms with van der Waals surface area (Å²) in [5.41, 5.74) is 3.11. The summed E-state index contributed by atoms with van der Waals surface area (Å²) < 4.78 is 2.14. The van der Waals surface area contributed by atoms with Gasteiger partial charge < -0.3 is 14.6 Å². The third-order valence-electron chi connectivity index (χ3n) is 6.65. The molecule has 0 spiro atoms. The predicted octanol–water partition coefficient (Wildman–Crippen LogP) is 4.75. The van der Waals surface area contributed by atoms with Crippen molar-refractivity contribution in [2.45, 2.75) is 39.2 Å². The third-order valence-corrected chi connectivity index (χ3v) is 6.65. The molecule has 1 aliphatic rings. The number of carbonyl (C=O) groups is 1. The van der Waals surface area contributed by atoms with Gasteiger partial charge in [0.05, 0.1) is 40.9 Å². The van der Waals surface area contributed by atoms with E-state index < -0.39 is 6.09 Å². The molecule has 1 N–H and O–H groups in total. The van der Waals surface area contributed by atoms with Crippen molar-refractivity contribution in [1.82, 2.24) is 14.5 Å². The molecule has 8 nitrogen and oxygen atoms in total. The molecule has 1 fully saturated rings. The number of fused-ring (bicyclic) bond motifs is 1. The second-order valence-electron chi connectivity index (χ2n) is 9.62. The van der Waals surface area contributed by atoms with Crippen LogP contribution in [0.3, 0.4) is 0 Å². The van der Waals surface area contributed by atoms with Crippen LogP contribution in [0.25, 0.3) is 11.0 Å². The fraction of sp³-hybridized carbons (Fsp3) is 0.440. The van der Waals surface area contributed by atoms with Crippen molar-refractivity contribution in [2.75, 3.05) is 30.4 Å². The minimum absolute atomic E-state index is 0.0242. The van der Waals surface area contributed by atoms with Crippen molar-refractivity contribution in [2.24, 2.45) is 11.3 Å². The van der Waals surface area contributed by atoms with Crippen molar-refractivity contribution >= 4 is 28.6 Å². The summed E-state index contributed by atoms with van der Waals surface area (Å²) in [7, 11) is 3.81. The molecule has 1 aliphatic carbocycles. The van der Waals surface area contributed by atoms with Gasteiger partial charge in [-0.05, 0) is 60.9 Å². The van der Waals surface area contributed by atoms with Gasteiger partial charge in [-0.15, -0.1) is 0 Å². The lowest BCUT2D eigenvalue weighted by atomic mass is 9.70. The average molecular weight is 447 g/mol. The van der Waals surface area contributed by atoms with Gasteiger partial charge in [0, 0.05) is 27.2 Å². The van der Waals surface area contributed by atoms with Crippen LogP contribution in [0.4, 0.5) is 16.3 Å². The Morgan fingerprint density at radius 3 is 2.79 bits per heavy atom. The van der Waals surface area contributed by atoms with Crippen LogP contribution >= 0.6 is 0 Å². The highest BCUT2D eigenvalue weighted by atomic mass is 16.4. The number of rotatable bonds is 6. The Bertz CT molecular complexity index is 1180. The summed E-state index contributed by atoms with van der Waals surface area (Å²) in [6, 6.07) is 11.4. The number of anilines is 2. The van der Waals surface area contributed by atoms with E-state index in [1.165, 1.54) is 4.90 Å². The first-order valence-corrected chi connectivity index (χ1v) is 11.3. The van der Waals surface area contributed by atoms with Gasteiger partial charge in [0.25, 0.3) is 0 Å². The third kappa shape index (κ3) is 4.92. The maximum Gasteiger partial charge on any atom is 0.411 e. The van der Waals surface area contributed by atoms with Gasteiger partial charge in [0.2, 0.25) is 0 Å².